The Bertz CT molecular complexity index is 617. The third-order valence-corrected chi connectivity index (χ3v) is 4.57. The highest BCUT2D eigenvalue weighted by Crippen LogP contribution is 2.40. The SMILES string of the molecule is C=C(C)[C@@H]1CCC(C)=C[C@H]1C1=C(O)C(=O)C(CCC)=CC1=O. The molecule has 0 amide bonds. The maximum Gasteiger partial charge on any atom is 0.223 e. The molecule has 3 nitrogen and oxygen atoms in total. The van der Waals surface area contributed by atoms with E-state index in [-0.39, 0.29) is 29.0 Å². The summed E-state index contributed by atoms with van der Waals surface area (Å²) in [5.74, 6) is -1.14. The molecule has 1 N–H and O–H groups in total. The van der Waals surface area contributed by atoms with E-state index in [2.05, 4.69) is 6.58 Å². The number of ketones is 2. The predicted molar refractivity (Wildman–Crippen MR) is 87.4 cm³/mol. The molecule has 2 aliphatic carbocycles. The molecule has 0 aromatic carbocycles. The van der Waals surface area contributed by atoms with Crippen LogP contribution in [0.1, 0.15) is 46.5 Å². The average Bonchev–Trinajstić information content (AvgIpc) is 2.44. The number of Topliss-reactive ketones (excluding diaryl/α,β-unsaturated/α-hetero) is 1. The predicted octanol–water partition coefficient (Wildman–Crippen LogP) is 4.23. The highest BCUT2D eigenvalue weighted by Gasteiger charge is 2.36. The van der Waals surface area contributed by atoms with Gasteiger partial charge in [-0.15, -0.1) is 0 Å². The molecule has 0 bridgehead atoms. The van der Waals surface area contributed by atoms with Gasteiger partial charge < -0.3 is 5.11 Å². The minimum Gasteiger partial charge on any atom is -0.504 e. The topological polar surface area (TPSA) is 54.4 Å². The Kier molecular flexibility index (Phi) is 4.84. The van der Waals surface area contributed by atoms with Crippen LogP contribution in [0, 0.1) is 11.8 Å². The van der Waals surface area contributed by atoms with E-state index in [4.69, 9.17) is 0 Å². The van der Waals surface area contributed by atoms with E-state index in [9.17, 15) is 14.7 Å². The summed E-state index contributed by atoms with van der Waals surface area (Å²) in [6, 6.07) is 0. The van der Waals surface area contributed by atoms with Crippen LogP contribution >= 0.6 is 0 Å². The van der Waals surface area contributed by atoms with Gasteiger partial charge in [0.05, 0.1) is 5.57 Å². The third-order valence-electron chi connectivity index (χ3n) is 4.57. The van der Waals surface area contributed by atoms with Crippen LogP contribution in [0.2, 0.25) is 0 Å². The van der Waals surface area contributed by atoms with Crippen molar-refractivity contribution in [2.75, 3.05) is 0 Å². The van der Waals surface area contributed by atoms with Crippen molar-refractivity contribution in [3.63, 3.8) is 0 Å². The molecule has 0 saturated carbocycles. The lowest BCUT2D eigenvalue weighted by atomic mass is 9.71. The lowest BCUT2D eigenvalue weighted by molar-refractivity contribution is -0.118. The first-order chi connectivity index (χ1) is 10.4. The Morgan fingerprint density at radius 2 is 2.09 bits per heavy atom. The van der Waals surface area contributed by atoms with E-state index in [0.29, 0.717) is 12.0 Å². The number of carbonyl (C=O) groups excluding carboxylic acids is 2. The number of carbonyl (C=O) groups is 2. The normalized spacial score (nSPS) is 26.0. The zero-order valence-electron chi connectivity index (χ0n) is 13.6. The van der Waals surface area contributed by atoms with Crippen molar-refractivity contribution in [2.45, 2.75) is 46.5 Å². The minimum atomic E-state index is -0.395. The van der Waals surface area contributed by atoms with E-state index in [1.54, 1.807) is 0 Å². The summed E-state index contributed by atoms with van der Waals surface area (Å²) in [6.07, 6.45) is 6.56. The van der Waals surface area contributed by atoms with Gasteiger partial charge in [-0.2, -0.15) is 0 Å². The number of rotatable bonds is 4. The highest BCUT2D eigenvalue weighted by atomic mass is 16.3. The molecule has 2 aliphatic rings. The van der Waals surface area contributed by atoms with E-state index >= 15 is 0 Å². The van der Waals surface area contributed by atoms with Crippen molar-refractivity contribution in [1.29, 1.82) is 0 Å². The van der Waals surface area contributed by atoms with Crippen LogP contribution in [0.4, 0.5) is 0 Å². The molecule has 0 heterocycles. The molecular formula is C19H24O3. The number of hydrogen-bond donors (Lipinski definition) is 1. The Morgan fingerprint density at radius 3 is 2.68 bits per heavy atom. The monoisotopic (exact) mass is 300 g/mol. The molecule has 0 aliphatic heterocycles. The fourth-order valence-electron chi connectivity index (χ4n) is 3.38. The molecule has 22 heavy (non-hydrogen) atoms. The van der Waals surface area contributed by atoms with Gasteiger partial charge in [-0.05, 0) is 45.1 Å². The minimum absolute atomic E-state index is 0.0960. The van der Waals surface area contributed by atoms with E-state index in [1.165, 1.54) is 11.6 Å². The smallest absolute Gasteiger partial charge is 0.223 e. The van der Waals surface area contributed by atoms with Gasteiger partial charge in [-0.3, -0.25) is 9.59 Å². The van der Waals surface area contributed by atoms with Crippen molar-refractivity contribution in [3.8, 4) is 0 Å². The number of aliphatic hydroxyl groups is 1. The van der Waals surface area contributed by atoms with Crippen molar-refractivity contribution >= 4 is 11.6 Å². The number of hydrogen-bond acceptors (Lipinski definition) is 3. The zero-order chi connectivity index (χ0) is 16.4. The Hall–Kier alpha value is -1.90. The average molecular weight is 300 g/mol. The van der Waals surface area contributed by atoms with Gasteiger partial charge in [0.15, 0.2) is 11.5 Å². The Balaban J connectivity index is 2.46. The summed E-state index contributed by atoms with van der Waals surface area (Å²) in [6.45, 7) is 9.92. The Morgan fingerprint density at radius 1 is 1.41 bits per heavy atom. The molecule has 3 heteroatoms. The van der Waals surface area contributed by atoms with Crippen LogP contribution in [0.25, 0.3) is 0 Å². The fourth-order valence-corrected chi connectivity index (χ4v) is 3.38. The number of aliphatic hydroxyl groups excluding tert-OH is 1. The first-order valence-corrected chi connectivity index (χ1v) is 7.92. The summed E-state index contributed by atoms with van der Waals surface area (Å²) in [5.41, 5.74) is 2.83. The maximum absolute atomic E-state index is 12.5. The Labute approximate surface area is 132 Å². The van der Waals surface area contributed by atoms with Crippen LogP contribution in [-0.2, 0) is 9.59 Å². The van der Waals surface area contributed by atoms with Gasteiger partial charge in [0.1, 0.15) is 0 Å². The first-order valence-electron chi connectivity index (χ1n) is 7.92. The van der Waals surface area contributed by atoms with Crippen molar-refractivity contribution < 1.29 is 14.7 Å². The molecule has 0 unspecified atom stereocenters. The molecular weight excluding hydrogens is 276 g/mol. The van der Waals surface area contributed by atoms with Gasteiger partial charge in [0.2, 0.25) is 5.78 Å². The molecule has 2 atom stereocenters. The lowest BCUT2D eigenvalue weighted by Crippen LogP contribution is -2.29. The van der Waals surface area contributed by atoms with E-state index in [1.807, 2.05) is 26.8 Å². The quantitative estimate of drug-likeness (QED) is 0.624. The number of allylic oxidation sites excluding steroid dienone is 6. The molecule has 0 fully saturated rings. The molecule has 0 spiro atoms. The molecule has 118 valence electrons. The summed E-state index contributed by atoms with van der Waals surface area (Å²) in [4.78, 5) is 24.8. The molecule has 0 radical (unpaired) electrons. The zero-order valence-corrected chi connectivity index (χ0v) is 13.6. The molecule has 0 aromatic rings. The van der Waals surface area contributed by atoms with Crippen molar-refractivity contribution in [3.05, 3.63) is 46.8 Å². The molecule has 2 rings (SSSR count). The highest BCUT2D eigenvalue weighted by molar-refractivity contribution is 6.22. The molecule has 0 aromatic heterocycles. The second-order valence-corrected chi connectivity index (χ2v) is 6.41. The van der Waals surface area contributed by atoms with Crippen LogP contribution in [0.5, 0.6) is 0 Å². The van der Waals surface area contributed by atoms with Gasteiger partial charge in [-0.1, -0.05) is 37.1 Å². The van der Waals surface area contributed by atoms with Crippen molar-refractivity contribution in [2.24, 2.45) is 11.8 Å². The van der Waals surface area contributed by atoms with E-state index < -0.39 is 5.78 Å². The van der Waals surface area contributed by atoms with Crippen LogP contribution in [0.15, 0.2) is 46.8 Å². The standard InChI is InChI=1S/C19H24O3/c1-5-6-13-10-16(20)17(19(22)18(13)21)15-9-12(4)7-8-14(15)11(2)3/h9-10,14-15,22H,2,5-8H2,1,3-4H3/t14-,15+/m0/s1. The second-order valence-electron chi connectivity index (χ2n) is 6.41. The third kappa shape index (κ3) is 2.99. The summed E-state index contributed by atoms with van der Waals surface area (Å²) in [7, 11) is 0. The first kappa shape index (κ1) is 16.5. The van der Waals surface area contributed by atoms with Gasteiger partial charge in [-0.25, -0.2) is 0 Å². The van der Waals surface area contributed by atoms with Gasteiger partial charge >= 0.3 is 0 Å². The largest absolute Gasteiger partial charge is 0.504 e. The summed E-state index contributed by atoms with van der Waals surface area (Å²) >= 11 is 0. The van der Waals surface area contributed by atoms with Crippen LogP contribution in [-0.4, -0.2) is 16.7 Å². The summed E-state index contributed by atoms with van der Waals surface area (Å²) in [5, 5.41) is 10.4. The molecule has 0 saturated heterocycles. The lowest BCUT2D eigenvalue weighted by Gasteiger charge is -2.32. The summed E-state index contributed by atoms with van der Waals surface area (Å²) < 4.78 is 0. The van der Waals surface area contributed by atoms with Gasteiger partial charge in [0.25, 0.3) is 0 Å². The van der Waals surface area contributed by atoms with Gasteiger partial charge in [0, 0.05) is 11.5 Å². The fraction of sp³-hybridized carbons (Fsp3) is 0.474. The van der Waals surface area contributed by atoms with Crippen LogP contribution in [0.3, 0.4) is 0 Å². The second kappa shape index (κ2) is 6.47. The van der Waals surface area contributed by atoms with Crippen molar-refractivity contribution in [1.82, 2.24) is 0 Å². The maximum atomic E-state index is 12.5. The van der Waals surface area contributed by atoms with Crippen LogP contribution < -0.4 is 0 Å². The van der Waals surface area contributed by atoms with E-state index in [0.717, 1.165) is 24.8 Å².